The van der Waals surface area contributed by atoms with Crippen LogP contribution < -0.4 is 16.4 Å². The topological polar surface area (TPSA) is 67.2 Å². The monoisotopic (exact) mass is 199 g/mol. The SMILES string of the molecule is CCCNC(=O)CC(CN)NC1CC1. The van der Waals surface area contributed by atoms with Gasteiger partial charge in [-0.15, -0.1) is 0 Å². The summed E-state index contributed by atoms with van der Waals surface area (Å²) in [7, 11) is 0. The number of rotatable bonds is 7. The number of nitrogens with one attached hydrogen (secondary N) is 2. The van der Waals surface area contributed by atoms with E-state index in [1.165, 1.54) is 12.8 Å². The third-order valence-electron chi connectivity index (χ3n) is 2.34. The van der Waals surface area contributed by atoms with Crippen molar-refractivity contribution in [2.45, 2.75) is 44.7 Å². The van der Waals surface area contributed by atoms with Crippen LogP contribution in [0.5, 0.6) is 0 Å². The fraction of sp³-hybridized carbons (Fsp3) is 0.900. The molecule has 14 heavy (non-hydrogen) atoms. The molecular weight excluding hydrogens is 178 g/mol. The summed E-state index contributed by atoms with van der Waals surface area (Å²) in [5, 5.41) is 6.22. The molecule has 1 saturated carbocycles. The minimum atomic E-state index is 0.107. The average molecular weight is 199 g/mol. The second-order valence-corrected chi connectivity index (χ2v) is 3.93. The Hall–Kier alpha value is -0.610. The predicted molar refractivity (Wildman–Crippen MR) is 56.9 cm³/mol. The fourth-order valence-electron chi connectivity index (χ4n) is 1.35. The Morgan fingerprint density at radius 1 is 1.57 bits per heavy atom. The van der Waals surface area contributed by atoms with Crippen molar-refractivity contribution in [1.29, 1.82) is 0 Å². The summed E-state index contributed by atoms with van der Waals surface area (Å²) in [5.41, 5.74) is 5.58. The molecule has 0 aliphatic heterocycles. The van der Waals surface area contributed by atoms with Crippen molar-refractivity contribution in [3.63, 3.8) is 0 Å². The van der Waals surface area contributed by atoms with E-state index >= 15 is 0 Å². The summed E-state index contributed by atoms with van der Waals surface area (Å²) in [5.74, 6) is 0.107. The van der Waals surface area contributed by atoms with Crippen LogP contribution in [0.25, 0.3) is 0 Å². The van der Waals surface area contributed by atoms with Gasteiger partial charge in [0, 0.05) is 31.6 Å². The molecule has 4 nitrogen and oxygen atoms in total. The lowest BCUT2D eigenvalue weighted by molar-refractivity contribution is -0.121. The van der Waals surface area contributed by atoms with Gasteiger partial charge in [0.25, 0.3) is 0 Å². The van der Waals surface area contributed by atoms with Gasteiger partial charge in [-0.25, -0.2) is 0 Å². The molecule has 1 atom stereocenters. The number of carbonyl (C=O) groups excluding carboxylic acids is 1. The third-order valence-corrected chi connectivity index (χ3v) is 2.34. The first-order chi connectivity index (χ1) is 6.76. The molecule has 0 aromatic rings. The molecule has 82 valence electrons. The van der Waals surface area contributed by atoms with E-state index in [2.05, 4.69) is 10.6 Å². The molecule has 0 radical (unpaired) electrons. The second-order valence-electron chi connectivity index (χ2n) is 3.93. The van der Waals surface area contributed by atoms with Crippen molar-refractivity contribution in [3.8, 4) is 0 Å². The Bertz CT molecular complexity index is 180. The van der Waals surface area contributed by atoms with E-state index in [4.69, 9.17) is 5.73 Å². The molecule has 0 spiro atoms. The second kappa shape index (κ2) is 5.98. The molecular formula is C10H21N3O. The number of carbonyl (C=O) groups is 1. The molecule has 0 bridgehead atoms. The van der Waals surface area contributed by atoms with Crippen LogP contribution in [0, 0.1) is 0 Å². The maximum Gasteiger partial charge on any atom is 0.221 e. The van der Waals surface area contributed by atoms with Gasteiger partial charge >= 0.3 is 0 Å². The zero-order valence-electron chi connectivity index (χ0n) is 8.88. The molecule has 0 aromatic carbocycles. The van der Waals surface area contributed by atoms with E-state index in [9.17, 15) is 4.79 Å². The highest BCUT2D eigenvalue weighted by atomic mass is 16.1. The largest absolute Gasteiger partial charge is 0.356 e. The van der Waals surface area contributed by atoms with Crippen molar-refractivity contribution >= 4 is 5.91 Å². The van der Waals surface area contributed by atoms with E-state index in [1.54, 1.807) is 0 Å². The van der Waals surface area contributed by atoms with Crippen LogP contribution in [0.1, 0.15) is 32.6 Å². The van der Waals surface area contributed by atoms with Gasteiger partial charge in [-0.3, -0.25) is 4.79 Å². The quantitative estimate of drug-likeness (QED) is 0.540. The zero-order chi connectivity index (χ0) is 10.4. The van der Waals surface area contributed by atoms with Gasteiger partial charge in [0.15, 0.2) is 0 Å². The van der Waals surface area contributed by atoms with E-state index in [0.29, 0.717) is 19.0 Å². The van der Waals surface area contributed by atoms with Gasteiger partial charge < -0.3 is 16.4 Å². The van der Waals surface area contributed by atoms with E-state index in [0.717, 1.165) is 13.0 Å². The molecule has 1 unspecified atom stereocenters. The number of hydrogen-bond donors (Lipinski definition) is 3. The number of nitrogens with two attached hydrogens (primary N) is 1. The van der Waals surface area contributed by atoms with Gasteiger partial charge in [-0.2, -0.15) is 0 Å². The molecule has 1 fully saturated rings. The summed E-state index contributed by atoms with van der Waals surface area (Å²) in [6.07, 6.45) is 3.95. The highest BCUT2D eigenvalue weighted by Gasteiger charge is 2.24. The highest BCUT2D eigenvalue weighted by molar-refractivity contribution is 5.76. The Morgan fingerprint density at radius 3 is 2.79 bits per heavy atom. The van der Waals surface area contributed by atoms with Crippen LogP contribution in [0.2, 0.25) is 0 Å². The average Bonchev–Trinajstić information content (AvgIpc) is 2.97. The molecule has 1 rings (SSSR count). The van der Waals surface area contributed by atoms with E-state index in [-0.39, 0.29) is 11.9 Å². The first kappa shape index (κ1) is 11.5. The van der Waals surface area contributed by atoms with Crippen LogP contribution in [0.3, 0.4) is 0 Å². The third kappa shape index (κ3) is 4.58. The first-order valence-corrected chi connectivity index (χ1v) is 5.49. The van der Waals surface area contributed by atoms with Crippen molar-refractivity contribution in [2.75, 3.05) is 13.1 Å². The standard InChI is InChI=1S/C10H21N3O/c1-2-5-12-10(14)6-9(7-11)13-8-3-4-8/h8-9,13H,2-7,11H2,1H3,(H,12,14). The number of hydrogen-bond acceptors (Lipinski definition) is 3. The molecule has 1 amide bonds. The minimum absolute atomic E-state index is 0.107. The smallest absolute Gasteiger partial charge is 0.221 e. The normalized spacial score (nSPS) is 17.9. The van der Waals surface area contributed by atoms with Crippen molar-refractivity contribution in [2.24, 2.45) is 5.73 Å². The Morgan fingerprint density at radius 2 is 2.29 bits per heavy atom. The van der Waals surface area contributed by atoms with Crippen molar-refractivity contribution in [3.05, 3.63) is 0 Å². The maximum absolute atomic E-state index is 11.4. The van der Waals surface area contributed by atoms with Gasteiger partial charge in [0.2, 0.25) is 5.91 Å². The molecule has 4 heteroatoms. The fourth-order valence-corrected chi connectivity index (χ4v) is 1.35. The van der Waals surface area contributed by atoms with Gasteiger partial charge in [0.05, 0.1) is 0 Å². The van der Waals surface area contributed by atoms with Crippen LogP contribution >= 0.6 is 0 Å². The van der Waals surface area contributed by atoms with E-state index < -0.39 is 0 Å². The van der Waals surface area contributed by atoms with Crippen LogP contribution in [0.4, 0.5) is 0 Å². The summed E-state index contributed by atoms with van der Waals surface area (Å²) < 4.78 is 0. The van der Waals surface area contributed by atoms with Gasteiger partial charge in [-0.05, 0) is 19.3 Å². The Kier molecular flexibility index (Phi) is 4.90. The highest BCUT2D eigenvalue weighted by Crippen LogP contribution is 2.19. The van der Waals surface area contributed by atoms with Crippen molar-refractivity contribution < 1.29 is 4.79 Å². The zero-order valence-corrected chi connectivity index (χ0v) is 8.88. The van der Waals surface area contributed by atoms with Crippen molar-refractivity contribution in [1.82, 2.24) is 10.6 Å². The van der Waals surface area contributed by atoms with Crippen LogP contribution in [0.15, 0.2) is 0 Å². The lowest BCUT2D eigenvalue weighted by atomic mass is 10.2. The lowest BCUT2D eigenvalue weighted by Crippen LogP contribution is -2.41. The van der Waals surface area contributed by atoms with Gasteiger partial charge in [-0.1, -0.05) is 6.92 Å². The molecule has 4 N–H and O–H groups in total. The Balaban J connectivity index is 2.13. The molecule has 1 aliphatic rings. The predicted octanol–water partition coefficient (Wildman–Crippen LogP) is -0.0180. The van der Waals surface area contributed by atoms with Crippen LogP contribution in [-0.4, -0.2) is 31.1 Å². The summed E-state index contributed by atoms with van der Waals surface area (Å²) in [6.45, 7) is 3.35. The number of amides is 1. The van der Waals surface area contributed by atoms with Crippen LogP contribution in [-0.2, 0) is 4.79 Å². The summed E-state index contributed by atoms with van der Waals surface area (Å²) in [6, 6.07) is 0.766. The van der Waals surface area contributed by atoms with Gasteiger partial charge in [0.1, 0.15) is 0 Å². The first-order valence-electron chi connectivity index (χ1n) is 5.49. The minimum Gasteiger partial charge on any atom is -0.356 e. The Labute approximate surface area is 85.6 Å². The summed E-state index contributed by atoms with van der Waals surface area (Å²) >= 11 is 0. The molecule has 0 heterocycles. The molecule has 0 saturated heterocycles. The lowest BCUT2D eigenvalue weighted by Gasteiger charge is -2.15. The van der Waals surface area contributed by atoms with E-state index in [1.807, 2.05) is 6.92 Å². The summed E-state index contributed by atoms with van der Waals surface area (Å²) in [4.78, 5) is 11.4. The maximum atomic E-state index is 11.4. The molecule has 0 aromatic heterocycles. The molecule has 1 aliphatic carbocycles.